The fraction of sp³-hybridized carbons (Fsp3) is 0.600. The van der Waals surface area contributed by atoms with Crippen molar-refractivity contribution in [1.29, 1.82) is 0 Å². The Labute approximate surface area is 416 Å². The number of nitrogens with zero attached hydrogens (tertiary/aromatic N) is 3. The molecule has 1 aromatic heterocycles. The number of carbonyl (C=O) groups excluding carboxylic acids is 3. The molecule has 6 heterocycles. The Bertz CT molecular complexity index is 2570. The maximum Gasteiger partial charge on any atom is 0.426 e. The number of hydrazine groups is 1. The second-order valence-corrected chi connectivity index (χ2v) is 22.8. The van der Waals surface area contributed by atoms with E-state index in [1.165, 1.54) is 28.7 Å². The highest BCUT2D eigenvalue weighted by Crippen LogP contribution is 2.67. The van der Waals surface area contributed by atoms with Gasteiger partial charge in [0, 0.05) is 95.5 Å². The molecule has 8 N–H and O–H groups in total. The molecule has 0 radical (unpaired) electrons. The third-order valence-corrected chi connectivity index (χ3v) is 19.2. The number of anilines is 1. The maximum atomic E-state index is 15.4. The molecule has 6 aliphatic rings. The smallest absolute Gasteiger partial charge is 0.426 e. The van der Waals surface area contributed by atoms with Crippen LogP contribution in [-0.4, -0.2) is 174 Å². The summed E-state index contributed by atoms with van der Waals surface area (Å²) >= 11 is 0. The topological polar surface area (TPSA) is 238 Å². The van der Waals surface area contributed by atoms with Gasteiger partial charge in [0.2, 0.25) is 0 Å². The fourth-order valence-corrected chi connectivity index (χ4v) is 16.0. The van der Waals surface area contributed by atoms with Gasteiger partial charge in [-0.15, -0.1) is 0 Å². The van der Waals surface area contributed by atoms with Crippen molar-refractivity contribution in [3.05, 3.63) is 70.9 Å². The minimum Gasteiger partial charge on any atom is -0.496 e. The highest BCUT2D eigenvalue weighted by Gasteiger charge is 2.79. The summed E-state index contributed by atoms with van der Waals surface area (Å²) in [5, 5.41) is 51.3. The lowest BCUT2D eigenvalue weighted by Crippen LogP contribution is -2.82. The average Bonchev–Trinajstić information content (AvgIpc) is 4.02. The van der Waals surface area contributed by atoms with E-state index < -0.39 is 75.6 Å². The fourth-order valence-electron chi connectivity index (χ4n) is 13.9. The van der Waals surface area contributed by atoms with Crippen LogP contribution in [0.25, 0.3) is 10.9 Å². The van der Waals surface area contributed by atoms with Crippen molar-refractivity contribution in [2.24, 2.45) is 11.3 Å². The molecule has 1 spiro atoms. The normalized spacial score (nSPS) is 33.4. The Hall–Kier alpha value is -4.54. The highest BCUT2D eigenvalue weighted by molar-refractivity contribution is 8.76. The van der Waals surface area contributed by atoms with Gasteiger partial charge in [0.05, 0.1) is 25.9 Å². The van der Waals surface area contributed by atoms with Crippen LogP contribution < -0.4 is 25.8 Å². The van der Waals surface area contributed by atoms with Gasteiger partial charge < -0.3 is 49.8 Å². The summed E-state index contributed by atoms with van der Waals surface area (Å²) < 4.78 is 17.7. The van der Waals surface area contributed by atoms with Crippen molar-refractivity contribution in [1.82, 2.24) is 31.0 Å². The minimum atomic E-state index is -2.54. The highest BCUT2D eigenvalue weighted by atomic mass is 33.1. The molecular weight excluding hydrogens is 939 g/mol. The summed E-state index contributed by atoms with van der Waals surface area (Å²) in [6.07, 6.45) is 4.04. The van der Waals surface area contributed by atoms with Crippen molar-refractivity contribution in [2.45, 2.75) is 98.6 Å². The number of amides is 2. The number of methoxy groups -OCH3 is 2. The van der Waals surface area contributed by atoms with Gasteiger partial charge in [0.25, 0.3) is 5.91 Å². The first-order valence-electron chi connectivity index (χ1n) is 24.3. The first-order valence-corrected chi connectivity index (χ1v) is 26.8. The van der Waals surface area contributed by atoms with Crippen LogP contribution in [0.3, 0.4) is 0 Å². The van der Waals surface area contributed by atoms with E-state index >= 15 is 4.79 Å². The third kappa shape index (κ3) is 7.69. The van der Waals surface area contributed by atoms with E-state index in [0.29, 0.717) is 99.0 Å². The number of likely N-dealkylation sites (N-methyl/N-ethyl adjacent to an activating group) is 2. The van der Waals surface area contributed by atoms with Crippen LogP contribution in [0.2, 0.25) is 0 Å². The van der Waals surface area contributed by atoms with Gasteiger partial charge in [-0.05, 0) is 81.3 Å². The molecule has 18 nitrogen and oxygen atoms in total. The van der Waals surface area contributed by atoms with Gasteiger partial charge in [-0.3, -0.25) is 29.6 Å². The molecule has 5 aliphatic heterocycles. The number of rotatable bonds is 14. The number of piperidine rings is 1. The molecule has 1 unspecified atom stereocenters. The van der Waals surface area contributed by atoms with Crippen LogP contribution in [0.15, 0.2) is 48.6 Å². The molecule has 2 bridgehead atoms. The molecule has 2 saturated heterocycles. The van der Waals surface area contributed by atoms with E-state index in [0.717, 1.165) is 22.0 Å². The number of para-hydroxylation sites is 1. The lowest BCUT2D eigenvalue weighted by atomic mass is 9.47. The van der Waals surface area contributed by atoms with Crippen molar-refractivity contribution in [2.75, 3.05) is 84.1 Å². The summed E-state index contributed by atoms with van der Waals surface area (Å²) in [7, 11) is 8.98. The average molecular weight is 1010 g/mol. The van der Waals surface area contributed by atoms with E-state index in [-0.39, 0.29) is 18.9 Å². The Balaban J connectivity index is 1.15. The number of benzene rings is 2. The zero-order valence-corrected chi connectivity index (χ0v) is 42.3. The van der Waals surface area contributed by atoms with E-state index in [2.05, 4.69) is 37.0 Å². The summed E-state index contributed by atoms with van der Waals surface area (Å²) in [4.78, 5) is 65.0. The lowest BCUT2D eigenvalue weighted by molar-refractivity contribution is -0.204. The number of H-pyrrole nitrogens is 1. The molecule has 380 valence electrons. The van der Waals surface area contributed by atoms with Crippen molar-refractivity contribution in [3.8, 4) is 5.75 Å². The summed E-state index contributed by atoms with van der Waals surface area (Å²) in [5.41, 5.74) is 2.08. The molecule has 70 heavy (non-hydrogen) atoms. The molecule has 1 aliphatic carbocycles. The number of hydrogen-bond donors (Lipinski definition) is 8. The molecule has 11 atom stereocenters. The van der Waals surface area contributed by atoms with E-state index in [1.807, 2.05) is 61.2 Å². The van der Waals surface area contributed by atoms with Gasteiger partial charge >= 0.3 is 18.0 Å². The molecule has 20 heteroatoms. The molecule has 2 aromatic carbocycles. The lowest BCUT2D eigenvalue weighted by Gasteiger charge is -2.63. The third-order valence-electron chi connectivity index (χ3n) is 16.8. The van der Waals surface area contributed by atoms with Crippen LogP contribution in [0.1, 0.15) is 68.3 Å². The van der Waals surface area contributed by atoms with E-state index in [1.54, 1.807) is 21.2 Å². The number of esters is 1. The Morgan fingerprint density at radius 2 is 1.79 bits per heavy atom. The Kier molecular flexibility index (Phi) is 13.8. The largest absolute Gasteiger partial charge is 0.496 e. The zero-order chi connectivity index (χ0) is 50.0. The predicted octanol–water partition coefficient (Wildman–Crippen LogP) is 3.06. The number of carboxylic acid groups (broad SMARTS) is 1. The van der Waals surface area contributed by atoms with Crippen LogP contribution in [0.5, 0.6) is 5.75 Å². The number of carbonyl (C=O) groups is 4. The Morgan fingerprint density at radius 3 is 2.50 bits per heavy atom. The van der Waals surface area contributed by atoms with Crippen LogP contribution in [-0.2, 0) is 41.1 Å². The molecular formula is C50H67N7O11S2. The quantitative estimate of drug-likeness (QED) is 0.0381. The number of nitrogens with one attached hydrogen (secondary N) is 4. The monoisotopic (exact) mass is 1010 g/mol. The number of aliphatic hydroxyl groups is 3. The summed E-state index contributed by atoms with van der Waals surface area (Å²) in [5.74, 6) is -1.60. The first-order chi connectivity index (χ1) is 33.5. The van der Waals surface area contributed by atoms with Gasteiger partial charge in [0.1, 0.15) is 29.9 Å². The van der Waals surface area contributed by atoms with Gasteiger partial charge in [-0.25, -0.2) is 10.2 Å². The number of hydrogen-bond acceptors (Lipinski definition) is 16. The summed E-state index contributed by atoms with van der Waals surface area (Å²) in [6.45, 7) is 6.93. The minimum absolute atomic E-state index is 0.0513. The number of carboxylic acids is 1. The van der Waals surface area contributed by atoms with Crippen LogP contribution in [0.4, 0.5) is 10.5 Å². The van der Waals surface area contributed by atoms with Crippen LogP contribution >= 0.6 is 21.6 Å². The van der Waals surface area contributed by atoms with Crippen LogP contribution in [0, 0.1) is 11.3 Å². The molecule has 1 saturated carbocycles. The number of aliphatic hydroxyl groups excluding tert-OH is 1. The van der Waals surface area contributed by atoms with E-state index in [9.17, 15) is 34.8 Å². The van der Waals surface area contributed by atoms with Gasteiger partial charge in [-0.2, -0.15) is 0 Å². The van der Waals surface area contributed by atoms with Gasteiger partial charge in [-0.1, -0.05) is 65.8 Å². The molecule has 9 rings (SSSR count). The molecule has 3 fully saturated rings. The Morgan fingerprint density at radius 1 is 1.00 bits per heavy atom. The molecule has 3 aromatic rings. The predicted molar refractivity (Wildman–Crippen MR) is 267 cm³/mol. The van der Waals surface area contributed by atoms with Gasteiger partial charge in [0.15, 0.2) is 5.60 Å². The maximum absolute atomic E-state index is 15.4. The first kappa shape index (κ1) is 50.4. The second kappa shape index (κ2) is 19.1. The second-order valence-electron chi connectivity index (χ2n) is 20.1. The number of aromatic amines is 1. The number of aromatic nitrogens is 1. The van der Waals surface area contributed by atoms with Crippen molar-refractivity contribution < 1.29 is 53.8 Å². The number of aliphatic carboxylic acids is 1. The van der Waals surface area contributed by atoms with Crippen molar-refractivity contribution >= 4 is 62.1 Å². The standard InChI is InChI=1S/C50H67N7O11S2/c1-7-46(64)24-29-25-49(44(62)67-6,38-31(14-18-56(26-29)28-46)30-12-9-10-13-34(30)52-38)33-22-32-36(23-37(33)66-5)55(4)41-48(32)16-19-57-17-11-15-47(8-2,40(48)57)42(60)50(41,65)43(61)53-54-45(63)68-20-21-69-70-27-35(51-3)39(58)59/h9-13,15,22-23,29,35,40-42,51-52,60,64-65H,7-8,14,16-21,24-28H2,1-6H3,(H,53,61)(H,54,63)(H,58,59)/t29-,35+,40+,41-,42-,46+,47-,48-,49+,50+/m1/s1. The number of ether oxygens (including phenoxy) is 3. The zero-order valence-electron chi connectivity index (χ0n) is 40.7. The van der Waals surface area contributed by atoms with Crippen molar-refractivity contribution in [3.63, 3.8) is 0 Å². The van der Waals surface area contributed by atoms with E-state index in [4.69, 9.17) is 14.2 Å². The summed E-state index contributed by atoms with van der Waals surface area (Å²) in [6, 6.07) is 9.75. The number of fused-ring (bicyclic) bond motifs is 6. The SMILES string of the molecule is CC[C@]1(O)C[C@H]2CN(CCc3c([nH]c4ccccc34)[C@@](C(=O)OC)(c3cc4c(cc3OC)N(C)[C@H]3[C@@](O)(C(=O)NNC(=O)OCCSSC[C@H](NC)C(=O)O)[C@H](O)[C@]5(CC)C=CCN6CC[C@]43[C@@H]65)C2)C1. The molecule has 2 amide bonds.